The van der Waals surface area contributed by atoms with Gasteiger partial charge in [-0.05, 0) is 66.0 Å². The third kappa shape index (κ3) is 4.05. The fraction of sp³-hybridized carbons (Fsp3) is 0.312. The van der Waals surface area contributed by atoms with Gasteiger partial charge >= 0.3 is 0 Å². The van der Waals surface area contributed by atoms with Gasteiger partial charge in [0.15, 0.2) is 0 Å². The molecule has 24 heavy (non-hydrogen) atoms. The maximum Gasteiger partial charge on any atom is 0.244 e. The second kappa shape index (κ2) is 7.34. The van der Waals surface area contributed by atoms with Gasteiger partial charge in [-0.1, -0.05) is 0 Å². The molecule has 0 amide bonds. The summed E-state index contributed by atoms with van der Waals surface area (Å²) < 4.78 is 28.0. The van der Waals surface area contributed by atoms with E-state index in [-0.39, 0.29) is 4.90 Å². The maximum atomic E-state index is 12.6. The zero-order chi connectivity index (χ0) is 17.2. The molecule has 2 aromatic rings. The van der Waals surface area contributed by atoms with E-state index in [0.717, 1.165) is 22.3 Å². The third-order valence-corrected chi connectivity index (χ3v) is 6.55. The molecule has 6 nitrogen and oxygen atoms in total. The SMILES string of the molecule is CN1CCN(S(=O)(=O)c2ccc(Nc3ccc(I)cc3)nc2)CC1. The van der Waals surface area contributed by atoms with Crippen LogP contribution in [-0.2, 0) is 10.0 Å². The third-order valence-electron chi connectivity index (χ3n) is 3.95. The van der Waals surface area contributed by atoms with Crippen molar-refractivity contribution in [1.82, 2.24) is 14.2 Å². The van der Waals surface area contributed by atoms with Crippen LogP contribution in [-0.4, -0.2) is 55.8 Å². The number of nitrogens with one attached hydrogen (secondary N) is 1. The number of likely N-dealkylation sites (N-methyl/N-ethyl adjacent to an activating group) is 1. The number of benzene rings is 1. The lowest BCUT2D eigenvalue weighted by atomic mass is 10.3. The molecule has 1 saturated heterocycles. The number of nitrogens with zero attached hydrogens (tertiary/aromatic N) is 3. The van der Waals surface area contributed by atoms with Gasteiger partial charge in [0.25, 0.3) is 0 Å². The van der Waals surface area contributed by atoms with E-state index in [4.69, 9.17) is 0 Å². The van der Waals surface area contributed by atoms with Crippen LogP contribution in [0.1, 0.15) is 0 Å². The number of halogens is 1. The van der Waals surface area contributed by atoms with Gasteiger partial charge in [-0.3, -0.25) is 0 Å². The van der Waals surface area contributed by atoms with Crippen LogP contribution in [0, 0.1) is 3.57 Å². The van der Waals surface area contributed by atoms with Crippen molar-refractivity contribution in [2.45, 2.75) is 4.90 Å². The minimum Gasteiger partial charge on any atom is -0.340 e. The van der Waals surface area contributed by atoms with Gasteiger partial charge in [0.05, 0.1) is 0 Å². The summed E-state index contributed by atoms with van der Waals surface area (Å²) in [5, 5.41) is 3.17. The Labute approximate surface area is 156 Å². The van der Waals surface area contributed by atoms with Gasteiger partial charge in [0, 0.05) is 41.6 Å². The maximum absolute atomic E-state index is 12.6. The standard InChI is InChI=1S/C16H19IN4O2S/c1-20-8-10-21(11-9-20)24(22,23)15-6-7-16(18-12-15)19-14-4-2-13(17)3-5-14/h2-7,12H,8-11H2,1H3,(H,18,19). The molecule has 3 rings (SSSR count). The van der Waals surface area contributed by atoms with E-state index in [1.165, 1.54) is 10.5 Å². The molecule has 2 heterocycles. The van der Waals surface area contributed by atoms with E-state index in [1.54, 1.807) is 12.1 Å². The summed E-state index contributed by atoms with van der Waals surface area (Å²) in [6.45, 7) is 2.53. The molecular weight excluding hydrogens is 439 g/mol. The summed E-state index contributed by atoms with van der Waals surface area (Å²) in [6, 6.07) is 11.2. The molecule has 0 unspecified atom stereocenters. The summed E-state index contributed by atoms with van der Waals surface area (Å²) >= 11 is 2.25. The summed E-state index contributed by atoms with van der Waals surface area (Å²) in [7, 11) is -1.47. The van der Waals surface area contributed by atoms with Crippen molar-refractivity contribution in [3.05, 3.63) is 46.2 Å². The van der Waals surface area contributed by atoms with E-state index >= 15 is 0 Å². The van der Waals surface area contributed by atoms with Gasteiger partial charge in [0.1, 0.15) is 10.7 Å². The fourth-order valence-electron chi connectivity index (χ4n) is 2.47. The highest BCUT2D eigenvalue weighted by Crippen LogP contribution is 2.20. The van der Waals surface area contributed by atoms with Gasteiger partial charge < -0.3 is 10.2 Å². The second-order valence-electron chi connectivity index (χ2n) is 5.72. The van der Waals surface area contributed by atoms with Crippen molar-refractivity contribution in [1.29, 1.82) is 0 Å². The lowest BCUT2D eigenvalue weighted by Gasteiger charge is -2.31. The Balaban J connectivity index is 1.72. The van der Waals surface area contributed by atoms with E-state index in [2.05, 4.69) is 37.8 Å². The van der Waals surface area contributed by atoms with Gasteiger partial charge in [-0.25, -0.2) is 13.4 Å². The van der Waals surface area contributed by atoms with Crippen LogP contribution in [0.4, 0.5) is 11.5 Å². The number of aromatic nitrogens is 1. The minimum atomic E-state index is -3.47. The van der Waals surface area contributed by atoms with Crippen molar-refractivity contribution < 1.29 is 8.42 Å². The van der Waals surface area contributed by atoms with Crippen molar-refractivity contribution in [2.24, 2.45) is 0 Å². The highest BCUT2D eigenvalue weighted by molar-refractivity contribution is 14.1. The molecule has 0 bridgehead atoms. The Kier molecular flexibility index (Phi) is 5.38. The lowest BCUT2D eigenvalue weighted by Crippen LogP contribution is -2.47. The molecule has 1 aliphatic heterocycles. The molecule has 8 heteroatoms. The summed E-state index contributed by atoms with van der Waals surface area (Å²) in [5.74, 6) is 0.619. The summed E-state index contributed by atoms with van der Waals surface area (Å²) in [6.07, 6.45) is 1.42. The monoisotopic (exact) mass is 458 g/mol. The molecule has 1 aliphatic rings. The van der Waals surface area contributed by atoms with Crippen LogP contribution < -0.4 is 5.32 Å². The molecule has 128 valence electrons. The normalized spacial score (nSPS) is 16.9. The molecule has 1 fully saturated rings. The first-order chi connectivity index (χ1) is 11.4. The number of hydrogen-bond donors (Lipinski definition) is 1. The highest BCUT2D eigenvalue weighted by atomic mass is 127. The molecule has 0 saturated carbocycles. The number of rotatable bonds is 4. The summed E-state index contributed by atoms with van der Waals surface area (Å²) in [5.41, 5.74) is 0.914. The Morgan fingerprint density at radius 1 is 1.04 bits per heavy atom. The Morgan fingerprint density at radius 2 is 1.71 bits per heavy atom. The van der Waals surface area contributed by atoms with Crippen molar-refractivity contribution >= 4 is 44.1 Å². The van der Waals surface area contributed by atoms with E-state index in [0.29, 0.717) is 18.9 Å². The topological polar surface area (TPSA) is 65.5 Å². The van der Waals surface area contributed by atoms with Gasteiger partial charge in [-0.2, -0.15) is 4.31 Å². The zero-order valence-corrected chi connectivity index (χ0v) is 16.3. The number of piperazine rings is 1. The first-order valence-electron chi connectivity index (χ1n) is 7.62. The number of pyridine rings is 1. The first kappa shape index (κ1) is 17.6. The molecule has 1 aromatic carbocycles. The van der Waals surface area contributed by atoms with Crippen molar-refractivity contribution in [2.75, 3.05) is 38.5 Å². The average molecular weight is 458 g/mol. The summed E-state index contributed by atoms with van der Waals surface area (Å²) in [4.78, 5) is 6.60. The largest absolute Gasteiger partial charge is 0.340 e. The molecule has 0 aliphatic carbocycles. The van der Waals surface area contributed by atoms with Crippen LogP contribution in [0.3, 0.4) is 0 Å². The van der Waals surface area contributed by atoms with Crippen LogP contribution in [0.25, 0.3) is 0 Å². The van der Waals surface area contributed by atoms with Crippen LogP contribution in [0.15, 0.2) is 47.5 Å². The molecule has 0 spiro atoms. The Bertz CT molecular complexity index is 786. The zero-order valence-electron chi connectivity index (χ0n) is 13.3. The fourth-order valence-corrected chi connectivity index (χ4v) is 4.19. The quantitative estimate of drug-likeness (QED) is 0.713. The molecule has 1 N–H and O–H groups in total. The van der Waals surface area contributed by atoms with Crippen molar-refractivity contribution in [3.8, 4) is 0 Å². The van der Waals surface area contributed by atoms with Gasteiger partial charge in [-0.15, -0.1) is 0 Å². The van der Waals surface area contributed by atoms with Crippen LogP contribution >= 0.6 is 22.6 Å². The Hall–Kier alpha value is -1.23. The number of sulfonamides is 1. The predicted molar refractivity (Wildman–Crippen MR) is 103 cm³/mol. The van der Waals surface area contributed by atoms with E-state index in [9.17, 15) is 8.42 Å². The smallest absolute Gasteiger partial charge is 0.244 e. The van der Waals surface area contributed by atoms with Crippen LogP contribution in [0.2, 0.25) is 0 Å². The van der Waals surface area contributed by atoms with E-state index < -0.39 is 10.0 Å². The predicted octanol–water partition coefficient (Wildman–Crippen LogP) is 2.37. The molecule has 0 atom stereocenters. The Morgan fingerprint density at radius 3 is 2.29 bits per heavy atom. The minimum absolute atomic E-state index is 0.236. The average Bonchev–Trinajstić information content (AvgIpc) is 2.58. The first-order valence-corrected chi connectivity index (χ1v) is 10.1. The molecule has 1 aromatic heterocycles. The molecular formula is C16H19IN4O2S. The lowest BCUT2D eigenvalue weighted by molar-refractivity contribution is 0.222. The van der Waals surface area contributed by atoms with Crippen LogP contribution in [0.5, 0.6) is 0 Å². The van der Waals surface area contributed by atoms with Crippen molar-refractivity contribution in [3.63, 3.8) is 0 Å². The van der Waals surface area contributed by atoms with Gasteiger partial charge in [0.2, 0.25) is 10.0 Å². The number of anilines is 2. The van der Waals surface area contributed by atoms with E-state index in [1.807, 2.05) is 31.3 Å². The molecule has 0 radical (unpaired) electrons. The second-order valence-corrected chi connectivity index (χ2v) is 8.90. The highest BCUT2D eigenvalue weighted by Gasteiger charge is 2.27. The number of hydrogen-bond acceptors (Lipinski definition) is 5.